The molecule has 90 valence electrons. The number of nitrogens with zero attached hydrogens (tertiary/aromatic N) is 1. The Balaban J connectivity index is 2.65. The number of sulfonamides is 1. The second kappa shape index (κ2) is 4.68. The van der Waals surface area contributed by atoms with Gasteiger partial charge < -0.3 is 0 Å². The van der Waals surface area contributed by atoms with Crippen molar-refractivity contribution in [2.45, 2.75) is 18.1 Å². The van der Waals surface area contributed by atoms with Crippen LogP contribution in [0.4, 0.5) is 0 Å². The van der Waals surface area contributed by atoms with Crippen LogP contribution in [0.1, 0.15) is 12.8 Å². The maximum atomic E-state index is 11.4. The van der Waals surface area contributed by atoms with E-state index >= 15 is 0 Å². The van der Waals surface area contributed by atoms with Gasteiger partial charge >= 0.3 is 0 Å². The molecule has 15 heavy (non-hydrogen) atoms. The van der Waals surface area contributed by atoms with Gasteiger partial charge in [-0.25, -0.2) is 21.1 Å². The van der Waals surface area contributed by atoms with Crippen LogP contribution in [0.5, 0.6) is 0 Å². The summed E-state index contributed by atoms with van der Waals surface area (Å²) < 4.78 is 46.6. The summed E-state index contributed by atoms with van der Waals surface area (Å²) in [6, 6.07) is 0. The molecule has 8 heteroatoms. The van der Waals surface area contributed by atoms with Crippen molar-refractivity contribution >= 4 is 35.8 Å². The van der Waals surface area contributed by atoms with Crippen molar-refractivity contribution in [3.8, 4) is 0 Å². The van der Waals surface area contributed by atoms with E-state index in [1.165, 1.54) is 10.6 Å². The summed E-state index contributed by atoms with van der Waals surface area (Å²) in [5.74, 6) is 0. The minimum atomic E-state index is -3.23. The number of hydrogen-bond acceptors (Lipinski definition) is 4. The van der Waals surface area contributed by atoms with Crippen molar-refractivity contribution in [3.63, 3.8) is 0 Å². The molecule has 0 amide bonds. The Morgan fingerprint density at radius 3 is 2.00 bits per heavy atom. The summed E-state index contributed by atoms with van der Waals surface area (Å²) in [5, 5.41) is -0.390. The Morgan fingerprint density at radius 2 is 1.67 bits per heavy atom. The third kappa shape index (κ3) is 3.40. The smallest absolute Gasteiger partial charge is 0.224 e. The Labute approximate surface area is 98.9 Å². The molecular weight excluding hydrogens is 306 g/mol. The first-order valence-electron chi connectivity index (χ1n) is 4.50. The molecule has 0 radical (unpaired) electrons. The molecule has 1 saturated heterocycles. The third-order valence-corrected chi connectivity index (χ3v) is 7.38. The number of alkyl halides is 1. The highest BCUT2D eigenvalue weighted by Gasteiger charge is 2.31. The van der Waals surface area contributed by atoms with Crippen LogP contribution < -0.4 is 0 Å². The van der Waals surface area contributed by atoms with E-state index in [1.807, 2.05) is 0 Å². The van der Waals surface area contributed by atoms with Gasteiger partial charge in [0, 0.05) is 19.3 Å². The Morgan fingerprint density at radius 1 is 1.20 bits per heavy atom. The molecule has 5 nitrogen and oxygen atoms in total. The lowest BCUT2D eigenvalue weighted by Gasteiger charge is -2.29. The van der Waals surface area contributed by atoms with Gasteiger partial charge in [0.15, 0.2) is 0 Å². The molecule has 1 aliphatic heterocycles. The van der Waals surface area contributed by atoms with Gasteiger partial charge in [-0.15, -0.1) is 0 Å². The van der Waals surface area contributed by atoms with Crippen LogP contribution in [0.25, 0.3) is 0 Å². The fraction of sp³-hybridized carbons (Fsp3) is 1.00. The van der Waals surface area contributed by atoms with E-state index in [2.05, 4.69) is 15.9 Å². The maximum Gasteiger partial charge on any atom is 0.224 e. The van der Waals surface area contributed by atoms with Crippen molar-refractivity contribution in [2.24, 2.45) is 0 Å². The zero-order valence-electron chi connectivity index (χ0n) is 8.39. The number of rotatable bonds is 3. The zero-order valence-corrected chi connectivity index (χ0v) is 11.6. The molecule has 0 bridgehead atoms. The SMILES string of the molecule is CS(=O)(=O)C1CCN(S(=O)(=O)CBr)CC1. The van der Waals surface area contributed by atoms with Gasteiger partial charge in [0.2, 0.25) is 10.0 Å². The van der Waals surface area contributed by atoms with Crippen molar-refractivity contribution in [1.82, 2.24) is 4.31 Å². The number of halogens is 1. The van der Waals surface area contributed by atoms with E-state index in [4.69, 9.17) is 0 Å². The molecule has 0 N–H and O–H groups in total. The van der Waals surface area contributed by atoms with E-state index in [1.54, 1.807) is 0 Å². The largest absolute Gasteiger partial charge is 0.229 e. The lowest BCUT2D eigenvalue weighted by molar-refractivity contribution is 0.348. The first-order valence-corrected chi connectivity index (χ1v) is 9.18. The van der Waals surface area contributed by atoms with Crippen molar-refractivity contribution < 1.29 is 16.8 Å². The van der Waals surface area contributed by atoms with Gasteiger partial charge in [0.25, 0.3) is 0 Å². The fourth-order valence-corrected chi connectivity index (χ4v) is 4.45. The first kappa shape index (κ1) is 13.4. The molecule has 1 fully saturated rings. The van der Waals surface area contributed by atoms with Crippen LogP contribution in [-0.4, -0.2) is 50.4 Å². The average molecular weight is 320 g/mol. The second-order valence-electron chi connectivity index (χ2n) is 3.65. The van der Waals surface area contributed by atoms with Crippen LogP contribution >= 0.6 is 15.9 Å². The molecule has 0 unspecified atom stereocenters. The molecule has 0 aromatic heterocycles. The Hall–Kier alpha value is 0.340. The Kier molecular flexibility index (Phi) is 4.19. The van der Waals surface area contributed by atoms with Gasteiger partial charge in [-0.3, -0.25) is 0 Å². The van der Waals surface area contributed by atoms with Crippen LogP contribution in [0.3, 0.4) is 0 Å². The lowest BCUT2D eigenvalue weighted by atomic mass is 10.2. The number of hydrogen-bond donors (Lipinski definition) is 0. The van der Waals surface area contributed by atoms with E-state index in [-0.39, 0.29) is 9.91 Å². The highest BCUT2D eigenvalue weighted by Crippen LogP contribution is 2.20. The minimum absolute atomic E-state index is 0.108. The monoisotopic (exact) mass is 319 g/mol. The molecule has 1 aliphatic rings. The number of piperidine rings is 1. The second-order valence-corrected chi connectivity index (χ2v) is 9.25. The zero-order chi connectivity index (χ0) is 11.7. The van der Waals surface area contributed by atoms with Crippen LogP contribution in [0.15, 0.2) is 0 Å². The average Bonchev–Trinajstić information content (AvgIpc) is 2.17. The number of sulfone groups is 1. The van der Waals surface area contributed by atoms with Gasteiger partial charge in [-0.1, -0.05) is 15.9 Å². The van der Waals surface area contributed by atoms with Crippen molar-refractivity contribution in [1.29, 1.82) is 0 Å². The summed E-state index contributed by atoms with van der Waals surface area (Å²) in [7, 11) is -6.27. The topological polar surface area (TPSA) is 71.5 Å². The summed E-state index contributed by atoms with van der Waals surface area (Å²) in [6.07, 6.45) is 1.99. The van der Waals surface area contributed by atoms with Crippen molar-refractivity contribution in [2.75, 3.05) is 24.0 Å². The molecule has 1 heterocycles. The van der Waals surface area contributed by atoms with Gasteiger partial charge in [0.1, 0.15) is 14.5 Å². The van der Waals surface area contributed by atoms with E-state index in [0.29, 0.717) is 25.9 Å². The van der Waals surface area contributed by atoms with Gasteiger partial charge in [-0.05, 0) is 12.8 Å². The van der Waals surface area contributed by atoms with Gasteiger partial charge in [0.05, 0.1) is 5.25 Å². The highest BCUT2D eigenvalue weighted by atomic mass is 79.9. The molecule has 0 saturated carbocycles. The van der Waals surface area contributed by atoms with E-state index in [9.17, 15) is 16.8 Å². The first-order chi connectivity index (χ1) is 6.77. The molecular formula is C7H14BrNO4S2. The Bertz CT molecular complexity index is 408. The fourth-order valence-electron chi connectivity index (χ4n) is 1.61. The van der Waals surface area contributed by atoms with E-state index in [0.717, 1.165) is 0 Å². The highest BCUT2D eigenvalue weighted by molar-refractivity contribution is 9.10. The third-order valence-electron chi connectivity index (χ3n) is 2.54. The molecule has 0 aliphatic carbocycles. The standard InChI is InChI=1S/C7H14BrNO4S2/c1-14(10,11)7-2-4-9(5-3-7)15(12,13)6-8/h7H,2-6H2,1H3. The van der Waals surface area contributed by atoms with Crippen LogP contribution in [0, 0.1) is 0 Å². The molecule has 1 rings (SSSR count). The summed E-state index contributed by atoms with van der Waals surface area (Å²) in [6.45, 7) is 0.595. The predicted octanol–water partition coefficient (Wildman–Crippen LogP) is 0.178. The minimum Gasteiger partial charge on any atom is -0.229 e. The quantitative estimate of drug-likeness (QED) is 0.696. The molecule has 0 aromatic carbocycles. The lowest BCUT2D eigenvalue weighted by Crippen LogP contribution is -2.42. The van der Waals surface area contributed by atoms with Crippen LogP contribution in [0.2, 0.25) is 0 Å². The van der Waals surface area contributed by atoms with Crippen molar-refractivity contribution in [3.05, 3.63) is 0 Å². The van der Waals surface area contributed by atoms with Gasteiger partial charge in [-0.2, -0.15) is 0 Å². The molecule has 0 spiro atoms. The molecule has 0 atom stereocenters. The summed E-state index contributed by atoms with van der Waals surface area (Å²) in [5.41, 5.74) is 0. The predicted molar refractivity (Wildman–Crippen MR) is 62.2 cm³/mol. The summed E-state index contributed by atoms with van der Waals surface area (Å²) in [4.78, 5) is 0. The summed E-state index contributed by atoms with van der Waals surface area (Å²) >= 11 is 2.91. The normalized spacial score (nSPS) is 21.7. The molecule has 0 aromatic rings. The van der Waals surface area contributed by atoms with E-state index < -0.39 is 19.9 Å². The maximum absolute atomic E-state index is 11.4. The van der Waals surface area contributed by atoms with Crippen LogP contribution in [-0.2, 0) is 19.9 Å².